The molecular formula is C11H22N2O2. The van der Waals surface area contributed by atoms with E-state index >= 15 is 0 Å². The number of fused-ring (bicyclic) bond motifs is 1. The molecule has 0 bridgehead atoms. The van der Waals surface area contributed by atoms with Gasteiger partial charge in [0.05, 0.1) is 18.8 Å². The average Bonchev–Trinajstić information content (AvgIpc) is 2.74. The zero-order chi connectivity index (χ0) is 10.7. The highest BCUT2D eigenvalue weighted by Gasteiger charge is 2.35. The molecule has 1 saturated carbocycles. The van der Waals surface area contributed by atoms with Crippen LogP contribution in [0.3, 0.4) is 0 Å². The van der Waals surface area contributed by atoms with Crippen LogP contribution in [0, 0.1) is 0 Å². The highest BCUT2D eigenvalue weighted by Crippen LogP contribution is 2.29. The molecule has 15 heavy (non-hydrogen) atoms. The first-order chi connectivity index (χ1) is 7.31. The Labute approximate surface area is 91.4 Å². The predicted molar refractivity (Wildman–Crippen MR) is 58.6 cm³/mol. The molecular weight excluding hydrogens is 192 g/mol. The lowest BCUT2D eigenvalue weighted by Crippen LogP contribution is -2.49. The Balaban J connectivity index is 1.80. The maximum absolute atomic E-state index is 9.45. The van der Waals surface area contributed by atoms with Gasteiger partial charge in [-0.15, -0.1) is 0 Å². The van der Waals surface area contributed by atoms with Gasteiger partial charge in [-0.1, -0.05) is 0 Å². The van der Waals surface area contributed by atoms with Crippen LogP contribution in [-0.4, -0.2) is 54.5 Å². The van der Waals surface area contributed by atoms with Crippen LogP contribution >= 0.6 is 0 Å². The summed E-state index contributed by atoms with van der Waals surface area (Å²) in [7, 11) is 0. The van der Waals surface area contributed by atoms with Crippen LogP contribution in [0.2, 0.25) is 0 Å². The van der Waals surface area contributed by atoms with E-state index in [2.05, 4.69) is 4.90 Å². The van der Waals surface area contributed by atoms with Gasteiger partial charge in [-0.3, -0.25) is 4.90 Å². The molecule has 2 rings (SSSR count). The molecule has 2 fully saturated rings. The fraction of sp³-hybridized carbons (Fsp3) is 1.00. The normalized spacial score (nSPS) is 34.0. The molecule has 4 nitrogen and oxygen atoms in total. The van der Waals surface area contributed by atoms with E-state index in [0.29, 0.717) is 18.7 Å². The Morgan fingerprint density at radius 1 is 1.47 bits per heavy atom. The number of rotatable bonds is 4. The van der Waals surface area contributed by atoms with E-state index in [4.69, 9.17) is 10.5 Å². The Hall–Kier alpha value is -0.160. The van der Waals surface area contributed by atoms with Gasteiger partial charge in [0.15, 0.2) is 0 Å². The van der Waals surface area contributed by atoms with E-state index in [1.54, 1.807) is 0 Å². The lowest BCUT2D eigenvalue weighted by Gasteiger charge is -2.38. The monoisotopic (exact) mass is 214 g/mol. The van der Waals surface area contributed by atoms with E-state index in [1.807, 2.05) is 0 Å². The van der Waals surface area contributed by atoms with Crippen molar-refractivity contribution >= 4 is 0 Å². The number of nitrogens with zero attached hydrogens (tertiary/aromatic N) is 1. The van der Waals surface area contributed by atoms with Gasteiger partial charge in [0.25, 0.3) is 0 Å². The van der Waals surface area contributed by atoms with Gasteiger partial charge in [-0.25, -0.2) is 0 Å². The first-order valence-corrected chi connectivity index (χ1v) is 6.05. The van der Waals surface area contributed by atoms with Crippen molar-refractivity contribution in [2.24, 2.45) is 5.73 Å². The highest BCUT2D eigenvalue weighted by molar-refractivity contribution is 4.89. The van der Waals surface area contributed by atoms with Gasteiger partial charge in [0.1, 0.15) is 0 Å². The molecule has 1 aliphatic carbocycles. The van der Waals surface area contributed by atoms with Crippen molar-refractivity contribution in [1.82, 2.24) is 4.90 Å². The van der Waals surface area contributed by atoms with Crippen molar-refractivity contribution < 1.29 is 9.84 Å². The van der Waals surface area contributed by atoms with Gasteiger partial charge in [0, 0.05) is 25.7 Å². The van der Waals surface area contributed by atoms with Gasteiger partial charge >= 0.3 is 0 Å². The smallest absolute Gasteiger partial charge is 0.0730 e. The number of nitrogens with two attached hydrogens (primary N) is 1. The molecule has 0 aromatic rings. The zero-order valence-electron chi connectivity index (χ0n) is 9.27. The van der Waals surface area contributed by atoms with Crippen molar-refractivity contribution in [3.05, 3.63) is 0 Å². The second-order valence-electron chi connectivity index (χ2n) is 4.62. The second-order valence-corrected chi connectivity index (χ2v) is 4.62. The second kappa shape index (κ2) is 5.25. The summed E-state index contributed by atoms with van der Waals surface area (Å²) >= 11 is 0. The molecule has 3 N–H and O–H groups in total. The van der Waals surface area contributed by atoms with E-state index in [-0.39, 0.29) is 6.10 Å². The van der Waals surface area contributed by atoms with Crippen LogP contribution in [0.25, 0.3) is 0 Å². The van der Waals surface area contributed by atoms with Crippen molar-refractivity contribution in [1.29, 1.82) is 0 Å². The van der Waals surface area contributed by atoms with Gasteiger partial charge in [0.2, 0.25) is 0 Å². The topological polar surface area (TPSA) is 58.7 Å². The number of aliphatic hydroxyl groups excluding tert-OH is 1. The fourth-order valence-electron chi connectivity index (χ4n) is 2.72. The minimum absolute atomic E-state index is 0.340. The molecule has 0 aromatic heterocycles. The lowest BCUT2D eigenvalue weighted by molar-refractivity contribution is -0.0584. The molecule has 1 heterocycles. The average molecular weight is 214 g/mol. The summed E-state index contributed by atoms with van der Waals surface area (Å²) in [4.78, 5) is 2.47. The van der Waals surface area contributed by atoms with Gasteiger partial charge < -0.3 is 15.6 Å². The number of ether oxygens (including phenoxy) is 1. The summed E-state index contributed by atoms with van der Waals surface area (Å²) in [6, 6.07) is 0.601. The Kier molecular flexibility index (Phi) is 3.97. The molecule has 0 amide bonds. The SMILES string of the molecule is NCC(O)CCN1CCOC2CCCC21. The molecule has 2 aliphatic rings. The summed E-state index contributed by atoms with van der Waals surface area (Å²) in [6.07, 6.45) is 4.65. The molecule has 1 saturated heterocycles. The molecule has 88 valence electrons. The molecule has 3 unspecified atom stereocenters. The van der Waals surface area contributed by atoms with E-state index in [1.165, 1.54) is 19.3 Å². The maximum atomic E-state index is 9.45. The zero-order valence-corrected chi connectivity index (χ0v) is 9.27. The Morgan fingerprint density at radius 2 is 2.33 bits per heavy atom. The van der Waals surface area contributed by atoms with Crippen LogP contribution < -0.4 is 5.73 Å². The third kappa shape index (κ3) is 2.69. The van der Waals surface area contributed by atoms with E-state index in [9.17, 15) is 5.11 Å². The van der Waals surface area contributed by atoms with Crippen LogP contribution in [0.5, 0.6) is 0 Å². The lowest BCUT2D eigenvalue weighted by atomic mass is 10.1. The van der Waals surface area contributed by atoms with Crippen LogP contribution in [-0.2, 0) is 4.74 Å². The first-order valence-electron chi connectivity index (χ1n) is 6.05. The highest BCUT2D eigenvalue weighted by atomic mass is 16.5. The summed E-state index contributed by atoms with van der Waals surface area (Å²) in [5.41, 5.74) is 5.40. The molecule has 0 radical (unpaired) electrons. The summed E-state index contributed by atoms with van der Waals surface area (Å²) < 4.78 is 5.74. The number of hydrogen-bond acceptors (Lipinski definition) is 4. The van der Waals surface area contributed by atoms with Crippen LogP contribution in [0.15, 0.2) is 0 Å². The third-order valence-corrected chi connectivity index (χ3v) is 3.62. The summed E-state index contributed by atoms with van der Waals surface area (Å²) in [5, 5.41) is 9.45. The summed E-state index contributed by atoms with van der Waals surface area (Å²) in [5.74, 6) is 0. The standard InChI is InChI=1S/C11H22N2O2/c12-8-9(14)4-5-13-6-7-15-11-3-1-2-10(11)13/h9-11,14H,1-8,12H2. The number of morpholine rings is 1. The minimum atomic E-state index is -0.340. The number of hydrogen-bond donors (Lipinski definition) is 2. The molecule has 1 aliphatic heterocycles. The van der Waals surface area contributed by atoms with Crippen molar-refractivity contribution in [3.63, 3.8) is 0 Å². The van der Waals surface area contributed by atoms with E-state index < -0.39 is 0 Å². The largest absolute Gasteiger partial charge is 0.392 e. The Morgan fingerprint density at radius 3 is 3.13 bits per heavy atom. The summed E-state index contributed by atoms with van der Waals surface area (Å²) in [6.45, 7) is 3.19. The maximum Gasteiger partial charge on any atom is 0.0730 e. The number of aliphatic hydroxyl groups is 1. The molecule has 0 spiro atoms. The van der Waals surface area contributed by atoms with Gasteiger partial charge in [-0.05, 0) is 25.7 Å². The van der Waals surface area contributed by atoms with Crippen molar-refractivity contribution in [2.75, 3.05) is 26.2 Å². The quantitative estimate of drug-likeness (QED) is 0.689. The van der Waals surface area contributed by atoms with Crippen LogP contribution in [0.4, 0.5) is 0 Å². The first kappa shape index (κ1) is 11.3. The fourth-order valence-corrected chi connectivity index (χ4v) is 2.72. The van der Waals surface area contributed by atoms with E-state index in [0.717, 1.165) is 26.1 Å². The van der Waals surface area contributed by atoms with Crippen LogP contribution in [0.1, 0.15) is 25.7 Å². The predicted octanol–water partition coefficient (Wildman–Crippen LogP) is -0.0506. The third-order valence-electron chi connectivity index (χ3n) is 3.62. The molecule has 3 atom stereocenters. The van der Waals surface area contributed by atoms with Crippen molar-refractivity contribution in [3.8, 4) is 0 Å². The Bertz CT molecular complexity index is 201. The van der Waals surface area contributed by atoms with Crippen molar-refractivity contribution in [2.45, 2.75) is 43.9 Å². The van der Waals surface area contributed by atoms with Gasteiger partial charge in [-0.2, -0.15) is 0 Å². The minimum Gasteiger partial charge on any atom is -0.392 e. The molecule has 4 heteroatoms. The molecule has 0 aromatic carbocycles.